The Bertz CT molecular complexity index is 1150. The van der Waals surface area contributed by atoms with Gasteiger partial charge >= 0.3 is 0 Å². The summed E-state index contributed by atoms with van der Waals surface area (Å²) in [6.07, 6.45) is 1.03. The Labute approximate surface area is 162 Å². The van der Waals surface area contributed by atoms with Crippen molar-refractivity contribution in [3.05, 3.63) is 47.7 Å². The van der Waals surface area contributed by atoms with Gasteiger partial charge in [-0.05, 0) is 43.3 Å². The Balaban J connectivity index is 1.92. The van der Waals surface area contributed by atoms with Crippen LogP contribution in [0.1, 0.15) is 16.1 Å². The zero-order valence-corrected chi connectivity index (χ0v) is 16.6. The van der Waals surface area contributed by atoms with E-state index in [2.05, 4.69) is 10.0 Å². The fourth-order valence-corrected chi connectivity index (χ4v) is 3.36. The van der Waals surface area contributed by atoms with Crippen LogP contribution in [0.15, 0.2) is 40.8 Å². The van der Waals surface area contributed by atoms with Gasteiger partial charge in [0, 0.05) is 16.6 Å². The van der Waals surface area contributed by atoms with E-state index in [1.807, 2.05) is 0 Å². The second-order valence-electron chi connectivity index (χ2n) is 6.16. The minimum Gasteiger partial charge on any atom is -0.497 e. The van der Waals surface area contributed by atoms with Crippen molar-refractivity contribution < 1.29 is 27.1 Å². The molecule has 0 unspecified atom stereocenters. The Hall–Kier alpha value is -3.20. The third-order valence-electron chi connectivity index (χ3n) is 4.10. The van der Waals surface area contributed by atoms with E-state index in [-0.39, 0.29) is 11.4 Å². The number of furan rings is 1. The topological polar surface area (TPSA) is 107 Å². The number of hydrogen-bond acceptors (Lipinski definition) is 6. The van der Waals surface area contributed by atoms with Crippen molar-refractivity contribution in [2.75, 3.05) is 30.5 Å². The van der Waals surface area contributed by atoms with Crippen LogP contribution in [0.25, 0.3) is 11.0 Å². The molecule has 1 amide bonds. The summed E-state index contributed by atoms with van der Waals surface area (Å²) in [5, 5.41) is 3.49. The lowest BCUT2D eigenvalue weighted by molar-refractivity contribution is 0.0998. The first-order valence-electron chi connectivity index (χ1n) is 8.26. The summed E-state index contributed by atoms with van der Waals surface area (Å²) in [6.45, 7) is 1.78. The second kappa shape index (κ2) is 7.43. The van der Waals surface area contributed by atoms with Gasteiger partial charge in [0.25, 0.3) is 5.91 Å². The molecule has 8 nitrogen and oxygen atoms in total. The number of sulfonamides is 1. The van der Waals surface area contributed by atoms with E-state index in [4.69, 9.17) is 13.9 Å². The number of anilines is 2. The summed E-state index contributed by atoms with van der Waals surface area (Å²) in [6, 6.07) is 9.91. The van der Waals surface area contributed by atoms with Gasteiger partial charge in [-0.15, -0.1) is 0 Å². The molecule has 0 aliphatic rings. The van der Waals surface area contributed by atoms with Crippen LogP contribution in [0.3, 0.4) is 0 Å². The summed E-state index contributed by atoms with van der Waals surface area (Å²) in [5.41, 5.74) is 1.84. The van der Waals surface area contributed by atoms with E-state index in [1.54, 1.807) is 44.4 Å². The van der Waals surface area contributed by atoms with Gasteiger partial charge in [0.2, 0.25) is 10.0 Å². The van der Waals surface area contributed by atoms with Crippen LogP contribution >= 0.6 is 0 Å². The van der Waals surface area contributed by atoms with Crippen molar-refractivity contribution in [2.45, 2.75) is 6.92 Å². The minimum absolute atomic E-state index is 0.164. The molecule has 0 radical (unpaired) electrons. The molecule has 148 valence electrons. The van der Waals surface area contributed by atoms with Crippen LogP contribution in [-0.2, 0) is 10.0 Å². The van der Waals surface area contributed by atoms with E-state index >= 15 is 0 Å². The van der Waals surface area contributed by atoms with Gasteiger partial charge in [0.05, 0.1) is 26.2 Å². The van der Waals surface area contributed by atoms with Gasteiger partial charge in [-0.1, -0.05) is 0 Å². The van der Waals surface area contributed by atoms with E-state index in [9.17, 15) is 13.2 Å². The number of carbonyl (C=O) groups is 1. The molecule has 0 spiro atoms. The van der Waals surface area contributed by atoms with Crippen molar-refractivity contribution in [3.8, 4) is 11.5 Å². The molecule has 1 aromatic heterocycles. The Kier molecular flexibility index (Phi) is 5.19. The molecular weight excluding hydrogens is 384 g/mol. The molecule has 2 aromatic carbocycles. The highest BCUT2D eigenvalue weighted by atomic mass is 32.2. The molecule has 1 heterocycles. The maximum atomic E-state index is 12.7. The van der Waals surface area contributed by atoms with Crippen molar-refractivity contribution >= 4 is 38.3 Å². The third-order valence-corrected chi connectivity index (χ3v) is 4.69. The fourth-order valence-electron chi connectivity index (χ4n) is 2.80. The Morgan fingerprint density at radius 1 is 1.07 bits per heavy atom. The number of fused-ring (bicyclic) bond motifs is 1. The highest BCUT2D eigenvalue weighted by Gasteiger charge is 2.19. The number of rotatable bonds is 6. The molecule has 3 rings (SSSR count). The van der Waals surface area contributed by atoms with Crippen LogP contribution in [0.4, 0.5) is 11.4 Å². The number of amides is 1. The first-order valence-corrected chi connectivity index (χ1v) is 10.2. The monoisotopic (exact) mass is 404 g/mol. The predicted molar refractivity (Wildman–Crippen MR) is 107 cm³/mol. The van der Waals surface area contributed by atoms with Gasteiger partial charge in [0.1, 0.15) is 17.1 Å². The van der Waals surface area contributed by atoms with E-state index in [0.717, 1.165) is 11.6 Å². The normalized spacial score (nSPS) is 11.3. The van der Waals surface area contributed by atoms with E-state index in [1.165, 1.54) is 13.2 Å². The van der Waals surface area contributed by atoms with Crippen LogP contribution < -0.4 is 19.5 Å². The first kappa shape index (κ1) is 19.6. The van der Waals surface area contributed by atoms with Gasteiger partial charge in [-0.3, -0.25) is 9.52 Å². The Morgan fingerprint density at radius 3 is 2.46 bits per heavy atom. The number of aryl methyl sites for hydroxylation is 1. The molecule has 0 saturated heterocycles. The molecule has 28 heavy (non-hydrogen) atoms. The van der Waals surface area contributed by atoms with Gasteiger partial charge < -0.3 is 19.2 Å². The lowest BCUT2D eigenvalue weighted by atomic mass is 10.1. The van der Waals surface area contributed by atoms with Crippen molar-refractivity contribution in [2.24, 2.45) is 0 Å². The fraction of sp³-hybridized carbons (Fsp3) is 0.211. The van der Waals surface area contributed by atoms with Crippen molar-refractivity contribution in [1.29, 1.82) is 0 Å². The molecule has 0 saturated carbocycles. The molecule has 9 heteroatoms. The maximum Gasteiger partial charge on any atom is 0.291 e. The average molecular weight is 404 g/mol. The highest BCUT2D eigenvalue weighted by Crippen LogP contribution is 2.31. The second-order valence-corrected chi connectivity index (χ2v) is 7.91. The molecule has 0 aliphatic heterocycles. The number of nitrogens with one attached hydrogen (secondary N) is 2. The van der Waals surface area contributed by atoms with Crippen molar-refractivity contribution in [3.63, 3.8) is 0 Å². The summed E-state index contributed by atoms with van der Waals surface area (Å²) in [5.74, 6) is 0.699. The molecule has 0 bridgehead atoms. The van der Waals surface area contributed by atoms with Gasteiger partial charge in [-0.25, -0.2) is 8.42 Å². The first-order chi connectivity index (χ1) is 13.2. The number of hydrogen-bond donors (Lipinski definition) is 2. The van der Waals surface area contributed by atoms with Crippen molar-refractivity contribution in [1.82, 2.24) is 0 Å². The third kappa shape index (κ3) is 4.04. The lowest BCUT2D eigenvalue weighted by Gasteiger charge is -2.12. The molecule has 0 aliphatic carbocycles. The van der Waals surface area contributed by atoms with E-state index < -0.39 is 15.9 Å². The average Bonchev–Trinajstić information content (AvgIpc) is 2.97. The maximum absolute atomic E-state index is 12.7. The zero-order chi connectivity index (χ0) is 20.5. The van der Waals surface area contributed by atoms with Crippen LogP contribution in [0.2, 0.25) is 0 Å². The quantitative estimate of drug-likeness (QED) is 0.652. The summed E-state index contributed by atoms with van der Waals surface area (Å²) >= 11 is 0. The standard InChI is InChI=1S/C19H20N2O6S/c1-11-14-10-13(25-2)6-8-16(14)27-18(11)19(22)20-12-5-7-17(26-3)15(9-12)21-28(4,23)24/h5-10,21H,1-4H3,(H,20,22). The highest BCUT2D eigenvalue weighted by molar-refractivity contribution is 7.92. The molecule has 2 N–H and O–H groups in total. The number of methoxy groups -OCH3 is 2. The minimum atomic E-state index is -3.51. The summed E-state index contributed by atoms with van der Waals surface area (Å²) < 4.78 is 41.5. The Morgan fingerprint density at radius 2 is 1.82 bits per heavy atom. The number of carbonyl (C=O) groups excluding carboxylic acids is 1. The molecule has 3 aromatic rings. The lowest BCUT2D eigenvalue weighted by Crippen LogP contribution is -2.14. The summed E-state index contributed by atoms with van der Waals surface area (Å²) in [4.78, 5) is 12.7. The van der Waals surface area contributed by atoms with Crippen LogP contribution in [-0.4, -0.2) is 34.8 Å². The predicted octanol–water partition coefficient (Wildman–Crippen LogP) is 3.38. The van der Waals surface area contributed by atoms with Crippen LogP contribution in [0.5, 0.6) is 11.5 Å². The smallest absolute Gasteiger partial charge is 0.291 e. The number of ether oxygens (including phenoxy) is 2. The largest absolute Gasteiger partial charge is 0.497 e. The van der Waals surface area contributed by atoms with Crippen LogP contribution in [0, 0.1) is 6.92 Å². The molecular formula is C19H20N2O6S. The molecule has 0 fully saturated rings. The summed E-state index contributed by atoms with van der Waals surface area (Å²) in [7, 11) is -0.522. The molecule has 0 atom stereocenters. The van der Waals surface area contributed by atoms with Gasteiger partial charge in [0.15, 0.2) is 5.76 Å². The van der Waals surface area contributed by atoms with E-state index in [0.29, 0.717) is 28.3 Å². The zero-order valence-electron chi connectivity index (χ0n) is 15.8. The number of benzene rings is 2. The SMILES string of the molecule is COc1ccc2oc(C(=O)Nc3ccc(OC)c(NS(C)(=O)=O)c3)c(C)c2c1. The van der Waals surface area contributed by atoms with Gasteiger partial charge in [-0.2, -0.15) is 0 Å².